The Morgan fingerprint density at radius 2 is 2.05 bits per heavy atom. The highest BCUT2D eigenvalue weighted by Crippen LogP contribution is 2.21. The fourth-order valence-corrected chi connectivity index (χ4v) is 1.40. The van der Waals surface area contributed by atoms with Crippen molar-refractivity contribution in [2.24, 2.45) is 0 Å². The summed E-state index contributed by atoms with van der Waals surface area (Å²) in [6.07, 6.45) is -0.0135. The zero-order valence-electron chi connectivity index (χ0n) is 11.0. The third-order valence-corrected chi connectivity index (χ3v) is 2.32. The van der Waals surface area contributed by atoms with Crippen LogP contribution < -0.4 is 5.32 Å². The van der Waals surface area contributed by atoms with Crippen molar-refractivity contribution in [1.82, 2.24) is 5.32 Å². The number of amides is 1. The lowest BCUT2D eigenvalue weighted by Crippen LogP contribution is -2.29. The van der Waals surface area contributed by atoms with Crippen molar-refractivity contribution in [3.05, 3.63) is 39.4 Å². The molecule has 1 rings (SSSR count). The molecule has 1 N–H and O–H groups in total. The molecule has 110 valence electrons. The first-order chi connectivity index (χ1) is 9.32. The van der Waals surface area contributed by atoms with Gasteiger partial charge in [0, 0.05) is 6.54 Å². The van der Waals surface area contributed by atoms with E-state index in [1.54, 1.807) is 0 Å². The molecule has 0 bridgehead atoms. The van der Waals surface area contributed by atoms with Crippen molar-refractivity contribution < 1.29 is 23.2 Å². The van der Waals surface area contributed by atoms with Gasteiger partial charge in [-0.2, -0.15) is 4.39 Å². The van der Waals surface area contributed by atoms with E-state index >= 15 is 0 Å². The zero-order valence-corrected chi connectivity index (χ0v) is 11.0. The van der Waals surface area contributed by atoms with Gasteiger partial charge in [0.05, 0.1) is 29.3 Å². The number of carbonyl (C=O) groups excluding carboxylic acids is 1. The summed E-state index contributed by atoms with van der Waals surface area (Å²) in [6, 6.07) is 0.890. The average molecular weight is 288 g/mol. The van der Waals surface area contributed by atoms with Gasteiger partial charge >= 0.3 is 5.69 Å². The third-order valence-electron chi connectivity index (χ3n) is 2.32. The highest BCUT2D eigenvalue weighted by atomic mass is 19.1. The molecule has 8 heteroatoms. The van der Waals surface area contributed by atoms with E-state index in [2.05, 4.69) is 5.32 Å². The van der Waals surface area contributed by atoms with Crippen molar-refractivity contribution in [1.29, 1.82) is 0 Å². The minimum Gasteiger partial charge on any atom is -0.377 e. The number of rotatable bonds is 6. The number of hydrogen-bond acceptors (Lipinski definition) is 4. The Bertz CT molecular complexity index is 520. The molecule has 20 heavy (non-hydrogen) atoms. The maximum Gasteiger partial charge on any atom is 0.307 e. The molecule has 0 aliphatic rings. The van der Waals surface area contributed by atoms with Gasteiger partial charge in [-0.15, -0.1) is 0 Å². The van der Waals surface area contributed by atoms with Crippen LogP contribution in [0.1, 0.15) is 24.2 Å². The molecule has 0 aliphatic carbocycles. The Balaban J connectivity index is 2.74. The van der Waals surface area contributed by atoms with E-state index in [4.69, 9.17) is 4.74 Å². The van der Waals surface area contributed by atoms with Gasteiger partial charge in [0.2, 0.25) is 5.82 Å². The Morgan fingerprint density at radius 3 is 2.60 bits per heavy atom. The van der Waals surface area contributed by atoms with Crippen LogP contribution in [0.2, 0.25) is 0 Å². The number of halogens is 2. The van der Waals surface area contributed by atoms with Gasteiger partial charge in [0.1, 0.15) is 5.82 Å². The number of hydrogen-bond donors (Lipinski definition) is 1. The van der Waals surface area contributed by atoms with Crippen molar-refractivity contribution in [3.63, 3.8) is 0 Å². The van der Waals surface area contributed by atoms with Gasteiger partial charge in [0.15, 0.2) is 0 Å². The first kappa shape index (κ1) is 16.0. The van der Waals surface area contributed by atoms with Gasteiger partial charge < -0.3 is 10.1 Å². The van der Waals surface area contributed by atoms with E-state index in [1.807, 2.05) is 13.8 Å². The molecule has 6 nitrogen and oxygen atoms in total. The van der Waals surface area contributed by atoms with E-state index < -0.39 is 33.7 Å². The van der Waals surface area contributed by atoms with E-state index in [0.717, 1.165) is 0 Å². The molecule has 0 spiro atoms. The quantitative estimate of drug-likeness (QED) is 0.493. The summed E-state index contributed by atoms with van der Waals surface area (Å²) in [5.41, 5.74) is -1.60. The molecule has 1 aromatic carbocycles. The van der Waals surface area contributed by atoms with Crippen molar-refractivity contribution in [2.75, 3.05) is 13.2 Å². The molecule has 0 aromatic heterocycles. The fraction of sp³-hybridized carbons (Fsp3) is 0.417. The van der Waals surface area contributed by atoms with Crippen molar-refractivity contribution in [2.45, 2.75) is 20.0 Å². The predicted molar refractivity (Wildman–Crippen MR) is 66.4 cm³/mol. The lowest BCUT2D eigenvalue weighted by atomic mass is 10.1. The van der Waals surface area contributed by atoms with Gasteiger partial charge in [-0.05, 0) is 19.9 Å². The molecular weight excluding hydrogens is 274 g/mol. The summed E-state index contributed by atoms with van der Waals surface area (Å²) in [6.45, 7) is 3.97. The monoisotopic (exact) mass is 288 g/mol. The smallest absolute Gasteiger partial charge is 0.307 e. The number of ether oxygens (including phenoxy) is 1. The SMILES string of the molecule is CC(C)OCCNC(=O)c1cc(F)c([N+](=O)[O-])cc1F. The van der Waals surface area contributed by atoms with E-state index in [9.17, 15) is 23.7 Å². The third kappa shape index (κ3) is 4.23. The summed E-state index contributed by atoms with van der Waals surface area (Å²) < 4.78 is 32.0. The zero-order chi connectivity index (χ0) is 15.3. The normalized spacial score (nSPS) is 10.7. The highest BCUT2D eigenvalue weighted by molar-refractivity contribution is 5.94. The van der Waals surface area contributed by atoms with Crippen LogP contribution in [0.4, 0.5) is 14.5 Å². The molecule has 0 aliphatic heterocycles. The molecule has 1 aromatic rings. The van der Waals surface area contributed by atoms with Crippen molar-refractivity contribution >= 4 is 11.6 Å². The Kier molecular flexibility index (Phi) is 5.51. The number of nitro benzene ring substituents is 1. The minimum absolute atomic E-state index is 0.0135. The fourth-order valence-electron chi connectivity index (χ4n) is 1.40. The van der Waals surface area contributed by atoms with Crippen LogP contribution in [0.25, 0.3) is 0 Å². The summed E-state index contributed by atoms with van der Waals surface area (Å²) in [5.74, 6) is -3.27. The van der Waals surface area contributed by atoms with E-state index in [-0.39, 0.29) is 19.3 Å². The van der Waals surface area contributed by atoms with Crippen LogP contribution in [0, 0.1) is 21.7 Å². The summed E-state index contributed by atoms with van der Waals surface area (Å²) in [7, 11) is 0. The Hall–Kier alpha value is -2.09. The van der Waals surface area contributed by atoms with Crippen LogP contribution in [-0.2, 0) is 4.74 Å². The Morgan fingerprint density at radius 1 is 1.40 bits per heavy atom. The van der Waals surface area contributed by atoms with Crippen LogP contribution >= 0.6 is 0 Å². The second-order valence-electron chi connectivity index (χ2n) is 4.22. The maximum absolute atomic E-state index is 13.5. The molecule has 0 unspecified atom stereocenters. The second-order valence-corrected chi connectivity index (χ2v) is 4.22. The maximum atomic E-state index is 13.5. The van der Waals surface area contributed by atoms with E-state index in [1.165, 1.54) is 0 Å². The van der Waals surface area contributed by atoms with Crippen LogP contribution in [-0.4, -0.2) is 30.1 Å². The molecule has 0 saturated carbocycles. The number of benzene rings is 1. The van der Waals surface area contributed by atoms with E-state index in [0.29, 0.717) is 12.1 Å². The van der Waals surface area contributed by atoms with Gasteiger partial charge in [0.25, 0.3) is 5.91 Å². The molecule has 0 heterocycles. The van der Waals surface area contributed by atoms with Crippen molar-refractivity contribution in [3.8, 4) is 0 Å². The van der Waals surface area contributed by atoms with Gasteiger partial charge in [-0.25, -0.2) is 4.39 Å². The molecule has 0 saturated heterocycles. The first-order valence-corrected chi connectivity index (χ1v) is 5.86. The first-order valence-electron chi connectivity index (χ1n) is 5.86. The van der Waals surface area contributed by atoms with Crippen LogP contribution in [0.5, 0.6) is 0 Å². The van der Waals surface area contributed by atoms with Gasteiger partial charge in [-0.1, -0.05) is 0 Å². The number of nitrogens with one attached hydrogen (secondary N) is 1. The molecule has 0 fully saturated rings. The summed E-state index contributed by atoms with van der Waals surface area (Å²) >= 11 is 0. The highest BCUT2D eigenvalue weighted by Gasteiger charge is 2.21. The molecule has 0 atom stereocenters. The minimum atomic E-state index is -1.26. The van der Waals surface area contributed by atoms with Crippen LogP contribution in [0.3, 0.4) is 0 Å². The second kappa shape index (κ2) is 6.90. The van der Waals surface area contributed by atoms with Crippen LogP contribution in [0.15, 0.2) is 12.1 Å². The summed E-state index contributed by atoms with van der Waals surface area (Å²) in [5, 5.41) is 12.7. The molecular formula is C12H14F2N2O4. The lowest BCUT2D eigenvalue weighted by molar-refractivity contribution is -0.387. The topological polar surface area (TPSA) is 81.5 Å². The number of nitrogens with zero attached hydrogens (tertiary/aromatic N) is 1. The predicted octanol–water partition coefficient (Wildman–Crippen LogP) is 2.03. The lowest BCUT2D eigenvalue weighted by Gasteiger charge is -2.09. The largest absolute Gasteiger partial charge is 0.377 e. The van der Waals surface area contributed by atoms with Gasteiger partial charge in [-0.3, -0.25) is 14.9 Å². The Labute approximate surface area is 113 Å². The summed E-state index contributed by atoms with van der Waals surface area (Å²) in [4.78, 5) is 21.0. The number of nitro groups is 1. The number of carbonyl (C=O) groups is 1. The molecule has 1 amide bonds. The average Bonchev–Trinajstić information content (AvgIpc) is 2.36. The standard InChI is InChI=1S/C12H14F2N2O4/c1-7(2)20-4-3-15-12(17)8-5-10(14)11(16(18)19)6-9(8)13/h5-7H,3-4H2,1-2H3,(H,15,17). The molecule has 0 radical (unpaired) electrons.